The summed E-state index contributed by atoms with van der Waals surface area (Å²) in [5.74, 6) is -9.86. The Hall–Kier alpha value is -3.79. The molecule has 7 N–H and O–H groups in total. The van der Waals surface area contributed by atoms with E-state index < -0.39 is 81.4 Å². The second-order valence-electron chi connectivity index (χ2n) is 9.05. The number of rotatable bonds is 2. The van der Waals surface area contributed by atoms with Gasteiger partial charge in [0.25, 0.3) is 5.91 Å². The molecule has 1 fully saturated rings. The summed E-state index contributed by atoms with van der Waals surface area (Å²) < 4.78 is 0. The first-order valence-electron chi connectivity index (χ1n) is 10.4. The summed E-state index contributed by atoms with van der Waals surface area (Å²) in [5, 5.41) is 64.4. The summed E-state index contributed by atoms with van der Waals surface area (Å²) >= 11 is 0. The number of amides is 1. The first kappa shape index (κ1) is 23.4. The molecular formula is C22H23N4O8+. The standard InChI is InChI=1S/C22H22N4O8/c1-6-7-4-5-8(25-24)15(27)10(7)16(28)11-9(6)17(29)13-14(26(2)3)18(30)12(21(23)33)20(32)22(13,34)19(11)31/h4-6,9,13-14,17,29,34H,1-3H3,(H4-,23,27,28,30,31,32,33)/p+1/t6-,9+,13+,14-,17-,22-/m0/s1. The van der Waals surface area contributed by atoms with Gasteiger partial charge < -0.3 is 31.3 Å². The SMILES string of the molecule is C[C@H]1c2ccc([N+]#N)c(O)c2C(O)=C2C(=O)[C@]3(O)C(O)=C(C(N)=O)C(=O)[C@@H](N(C)C)[C@@H]3[C@@H](O)[C@@H]21. The highest BCUT2D eigenvalue weighted by molar-refractivity contribution is 6.24. The summed E-state index contributed by atoms with van der Waals surface area (Å²) in [7, 11) is 2.86. The Labute approximate surface area is 192 Å². The number of primary amides is 1. The third kappa shape index (κ3) is 2.62. The molecule has 1 aromatic carbocycles. The Kier molecular flexibility index (Phi) is 5.06. The van der Waals surface area contributed by atoms with Crippen molar-refractivity contribution >= 4 is 28.9 Å². The number of diazo groups is 1. The van der Waals surface area contributed by atoms with E-state index in [1.54, 1.807) is 6.92 Å². The number of Topliss-reactive ketones (excluding diaryl/α,β-unsaturated/α-hetero) is 2. The van der Waals surface area contributed by atoms with E-state index in [1.165, 1.54) is 31.1 Å². The van der Waals surface area contributed by atoms with Crippen LogP contribution in [0.15, 0.2) is 29.0 Å². The number of aliphatic hydroxyl groups excluding tert-OH is 3. The Balaban J connectivity index is 2.08. The molecule has 12 nitrogen and oxygen atoms in total. The molecule has 178 valence electrons. The van der Waals surface area contributed by atoms with Crippen molar-refractivity contribution in [2.45, 2.75) is 30.6 Å². The van der Waals surface area contributed by atoms with Gasteiger partial charge in [0.15, 0.2) is 16.4 Å². The van der Waals surface area contributed by atoms with Crippen LogP contribution in [-0.4, -0.2) is 79.7 Å². The quantitative estimate of drug-likeness (QED) is 0.251. The lowest BCUT2D eigenvalue weighted by molar-refractivity contribution is -0.169. The normalized spacial score (nSPS) is 32.8. The van der Waals surface area contributed by atoms with E-state index in [1.807, 2.05) is 0 Å². The number of aliphatic hydroxyl groups is 4. The summed E-state index contributed by atoms with van der Waals surface area (Å²) in [6.07, 6.45) is -1.67. The van der Waals surface area contributed by atoms with Crippen LogP contribution in [-0.2, 0) is 14.4 Å². The van der Waals surface area contributed by atoms with Crippen LogP contribution in [0.3, 0.4) is 0 Å². The van der Waals surface area contributed by atoms with Gasteiger partial charge in [0, 0.05) is 17.6 Å². The summed E-state index contributed by atoms with van der Waals surface area (Å²) in [6, 6.07) is 1.30. The number of carbonyl (C=O) groups is 3. The smallest absolute Gasteiger partial charge is 0.426 e. The third-order valence-corrected chi connectivity index (χ3v) is 7.22. The number of benzene rings is 1. The van der Waals surface area contributed by atoms with E-state index in [9.17, 15) is 39.9 Å². The molecule has 0 heterocycles. The van der Waals surface area contributed by atoms with E-state index in [4.69, 9.17) is 11.1 Å². The van der Waals surface area contributed by atoms with Gasteiger partial charge in [-0.1, -0.05) is 6.92 Å². The number of hydrogen-bond acceptors (Lipinski definition) is 10. The first-order valence-corrected chi connectivity index (χ1v) is 10.4. The molecule has 1 amide bonds. The lowest BCUT2D eigenvalue weighted by atomic mass is 9.54. The average molecular weight is 471 g/mol. The molecule has 34 heavy (non-hydrogen) atoms. The summed E-state index contributed by atoms with van der Waals surface area (Å²) in [5.41, 5.74) is 0.558. The molecule has 4 rings (SSSR count). The molecule has 0 spiro atoms. The van der Waals surface area contributed by atoms with Gasteiger partial charge in [-0.15, -0.1) is 0 Å². The topological polar surface area (TPSA) is 210 Å². The molecule has 3 aliphatic carbocycles. The van der Waals surface area contributed by atoms with Crippen LogP contribution < -0.4 is 5.73 Å². The van der Waals surface area contributed by atoms with Crippen molar-refractivity contribution in [1.82, 2.24) is 4.90 Å². The van der Waals surface area contributed by atoms with Gasteiger partial charge in [0.2, 0.25) is 16.9 Å². The minimum atomic E-state index is -2.97. The average Bonchev–Trinajstić information content (AvgIpc) is 2.75. The Bertz CT molecular complexity index is 1280. The van der Waals surface area contributed by atoms with Crippen LogP contribution >= 0.6 is 0 Å². The van der Waals surface area contributed by atoms with Gasteiger partial charge in [-0.05, 0) is 31.6 Å². The lowest BCUT2D eigenvalue weighted by Crippen LogP contribution is -2.70. The minimum absolute atomic E-state index is 0.244. The molecule has 0 aliphatic heterocycles. The largest absolute Gasteiger partial charge is 0.508 e. The number of phenols is 1. The molecule has 3 aliphatic rings. The van der Waals surface area contributed by atoms with E-state index in [0.29, 0.717) is 5.56 Å². The van der Waals surface area contributed by atoms with E-state index in [0.717, 1.165) is 0 Å². The molecule has 0 saturated heterocycles. The highest BCUT2D eigenvalue weighted by Crippen LogP contribution is 2.56. The van der Waals surface area contributed by atoms with Crippen molar-refractivity contribution in [3.63, 3.8) is 0 Å². The lowest BCUT2D eigenvalue weighted by Gasteiger charge is -2.53. The van der Waals surface area contributed by atoms with Crippen LogP contribution in [0.1, 0.15) is 24.0 Å². The van der Waals surface area contributed by atoms with Crippen molar-refractivity contribution in [1.29, 1.82) is 5.39 Å². The third-order valence-electron chi connectivity index (χ3n) is 7.22. The first-order chi connectivity index (χ1) is 15.8. The second-order valence-corrected chi connectivity index (χ2v) is 9.05. The zero-order valence-electron chi connectivity index (χ0n) is 18.4. The minimum Gasteiger partial charge on any atom is -0.508 e. The van der Waals surface area contributed by atoms with E-state index in [-0.39, 0.29) is 11.3 Å². The number of fused-ring (bicyclic) bond motifs is 3. The fourth-order valence-electron chi connectivity index (χ4n) is 5.69. The van der Waals surface area contributed by atoms with Crippen LogP contribution in [0, 0.1) is 17.2 Å². The zero-order valence-corrected chi connectivity index (χ0v) is 18.4. The van der Waals surface area contributed by atoms with Crippen LogP contribution in [0.5, 0.6) is 5.75 Å². The molecule has 1 saturated carbocycles. The van der Waals surface area contributed by atoms with Crippen molar-refractivity contribution < 1.29 is 39.9 Å². The number of aromatic hydroxyl groups is 1. The van der Waals surface area contributed by atoms with Crippen LogP contribution in [0.2, 0.25) is 0 Å². The monoisotopic (exact) mass is 471 g/mol. The van der Waals surface area contributed by atoms with Gasteiger partial charge in [0.1, 0.15) is 17.1 Å². The second kappa shape index (κ2) is 7.36. The molecule has 1 aromatic rings. The Morgan fingerprint density at radius 3 is 2.35 bits per heavy atom. The maximum atomic E-state index is 13.7. The van der Waals surface area contributed by atoms with Crippen molar-refractivity contribution in [3.05, 3.63) is 45.1 Å². The van der Waals surface area contributed by atoms with Crippen molar-refractivity contribution in [2.75, 3.05) is 14.1 Å². The maximum absolute atomic E-state index is 13.7. The number of nitrogens with zero attached hydrogens (tertiary/aromatic N) is 3. The molecular weight excluding hydrogens is 448 g/mol. The van der Waals surface area contributed by atoms with Gasteiger partial charge in [0.05, 0.1) is 23.6 Å². The number of carbonyl (C=O) groups excluding carboxylic acids is 3. The fraction of sp³-hybridized carbons (Fsp3) is 0.409. The molecule has 0 aromatic heterocycles. The van der Waals surface area contributed by atoms with E-state index >= 15 is 0 Å². The van der Waals surface area contributed by atoms with Crippen molar-refractivity contribution in [3.8, 4) is 5.75 Å². The predicted molar refractivity (Wildman–Crippen MR) is 115 cm³/mol. The van der Waals surface area contributed by atoms with Crippen LogP contribution in [0.4, 0.5) is 5.69 Å². The van der Waals surface area contributed by atoms with E-state index in [2.05, 4.69) is 4.98 Å². The molecule has 0 bridgehead atoms. The Morgan fingerprint density at radius 2 is 1.82 bits per heavy atom. The fourth-order valence-corrected chi connectivity index (χ4v) is 5.69. The number of likely N-dealkylation sites (N-methyl/N-ethyl adjacent to an activating group) is 1. The molecule has 12 heteroatoms. The van der Waals surface area contributed by atoms with Crippen LogP contribution in [0.25, 0.3) is 10.7 Å². The maximum Gasteiger partial charge on any atom is 0.426 e. The number of nitrogens with two attached hydrogens (primary N) is 1. The Morgan fingerprint density at radius 1 is 1.21 bits per heavy atom. The number of phenolic OH excluding ortho intramolecular Hbond substituents is 1. The molecule has 0 radical (unpaired) electrons. The van der Waals surface area contributed by atoms with Gasteiger partial charge in [-0.25, -0.2) is 0 Å². The number of ketones is 2. The summed E-state index contributed by atoms with van der Waals surface area (Å²) in [4.78, 5) is 43.0. The predicted octanol–water partition coefficient (Wildman–Crippen LogP) is -0.0196. The van der Waals surface area contributed by atoms with Crippen molar-refractivity contribution in [2.24, 2.45) is 17.6 Å². The summed E-state index contributed by atoms with van der Waals surface area (Å²) in [6.45, 7) is 1.60. The zero-order chi connectivity index (χ0) is 25.4. The number of hydrogen-bond donors (Lipinski definition) is 6. The van der Waals surface area contributed by atoms with Gasteiger partial charge in [-0.3, -0.25) is 19.3 Å². The molecule has 6 atom stereocenters. The highest BCUT2D eigenvalue weighted by Gasteiger charge is 2.68. The van der Waals surface area contributed by atoms with Gasteiger partial charge in [-0.2, -0.15) is 0 Å². The van der Waals surface area contributed by atoms with Gasteiger partial charge >= 0.3 is 5.69 Å². The highest BCUT2D eigenvalue weighted by atomic mass is 16.4. The molecule has 0 unspecified atom stereocenters.